The van der Waals surface area contributed by atoms with Gasteiger partial charge in [-0.05, 0) is 145 Å². The van der Waals surface area contributed by atoms with Crippen molar-refractivity contribution in [2.75, 3.05) is 21.3 Å². The van der Waals surface area contributed by atoms with Gasteiger partial charge >= 0.3 is 0 Å². The van der Waals surface area contributed by atoms with E-state index in [9.17, 15) is 28.8 Å². The number of pyridine rings is 2. The third-order valence-corrected chi connectivity index (χ3v) is 13.9. The van der Waals surface area contributed by atoms with Crippen LogP contribution in [0.3, 0.4) is 0 Å². The molecule has 6 aromatic rings. The van der Waals surface area contributed by atoms with Gasteiger partial charge in [0.1, 0.15) is 0 Å². The molecule has 6 heterocycles. The van der Waals surface area contributed by atoms with Gasteiger partial charge < -0.3 is 30.4 Å². The Kier molecular flexibility index (Phi) is 16.1. The third-order valence-electron chi connectivity index (χ3n) is 11.6. The molecule has 0 bridgehead atoms. The van der Waals surface area contributed by atoms with Gasteiger partial charge in [-0.1, -0.05) is 78.3 Å². The van der Waals surface area contributed by atoms with Crippen molar-refractivity contribution in [2.45, 2.75) is 65.2 Å². The summed E-state index contributed by atoms with van der Waals surface area (Å²) in [4.78, 5) is 68.8. The molecule has 0 atom stereocenters. The molecule has 12 nitrogen and oxygen atoms in total. The summed E-state index contributed by atoms with van der Waals surface area (Å²) in [7, 11) is 3.46. The van der Waals surface area contributed by atoms with Crippen LogP contribution < -0.4 is 32.4 Å². The van der Waals surface area contributed by atoms with E-state index in [0.29, 0.717) is 69.7 Å². The molecule has 4 amide bonds. The van der Waals surface area contributed by atoms with Gasteiger partial charge in [0.2, 0.25) is 23.6 Å². The second-order valence-electron chi connectivity index (χ2n) is 16.6. The molecular formula is C50H44Br2Cl4N6O6. The van der Waals surface area contributed by atoms with Crippen molar-refractivity contribution >= 4 is 125 Å². The molecule has 0 radical (unpaired) electrons. The summed E-state index contributed by atoms with van der Waals surface area (Å²) in [5, 5.41) is 13.9. The molecule has 2 aromatic heterocycles. The lowest BCUT2D eigenvalue weighted by molar-refractivity contribution is -0.117. The normalized spacial score (nSPS) is 14.3. The van der Waals surface area contributed by atoms with E-state index in [-0.39, 0.29) is 34.7 Å². The maximum absolute atomic E-state index is 11.8. The number of aromatic nitrogens is 2. The zero-order valence-corrected chi connectivity index (χ0v) is 43.4. The average molecular weight is 1130 g/mol. The molecule has 0 aliphatic carbocycles. The lowest BCUT2D eigenvalue weighted by atomic mass is 9.93. The monoisotopic (exact) mass is 1120 g/mol. The number of anilines is 4. The summed E-state index contributed by atoms with van der Waals surface area (Å²) in [6.07, 6.45) is 8.42. The fourth-order valence-electron chi connectivity index (χ4n) is 8.25. The Morgan fingerprint density at radius 3 is 1.38 bits per heavy atom. The van der Waals surface area contributed by atoms with Crippen LogP contribution in [0.25, 0.3) is 22.3 Å². The second-order valence-corrected chi connectivity index (χ2v) is 20.1. The highest BCUT2D eigenvalue weighted by atomic mass is 79.9. The highest BCUT2D eigenvalue weighted by molar-refractivity contribution is 9.10. The molecule has 352 valence electrons. The van der Waals surface area contributed by atoms with Crippen molar-refractivity contribution in [1.82, 2.24) is 9.13 Å². The summed E-state index contributed by atoms with van der Waals surface area (Å²) in [6.45, 7) is 3.58. The van der Waals surface area contributed by atoms with E-state index in [1.165, 1.54) is 0 Å². The number of aryl methyl sites for hydroxylation is 4. The average Bonchev–Trinajstić information content (AvgIpc) is 3.26. The fourth-order valence-corrected chi connectivity index (χ4v) is 10.7. The standard InChI is InChI=1S/2C16H15ClN2O2.2C9H7BrClNO/c1-9-5-11(8-19(2)16(9)21)10-6-13(17)12-3-4-15(20)18-14(12)7-10;1-9-5-10(8-19(2)16(9)21)13-6-11(17)7-14-12(13)3-4-15(20)18-14;10-7-3-5(11)4-8-6(7)1-2-9(13)12-8;10-5-3-7(11)6-1-2-9(13)12-8(6)4-5/h2*5-8H,3-4H2,1-2H3,(H,18,20);2*3-4H,1-2H2,(H,12,13). The minimum Gasteiger partial charge on any atom is -0.326 e. The second kappa shape index (κ2) is 21.6. The zero-order chi connectivity index (χ0) is 49.1. The molecule has 0 spiro atoms. The molecule has 10 rings (SSSR count). The van der Waals surface area contributed by atoms with E-state index < -0.39 is 0 Å². The summed E-state index contributed by atoms with van der Waals surface area (Å²) < 4.78 is 4.98. The van der Waals surface area contributed by atoms with Crippen LogP contribution in [0.2, 0.25) is 20.1 Å². The Hall–Kier alpha value is -5.22. The molecule has 4 aromatic carbocycles. The van der Waals surface area contributed by atoms with Crippen LogP contribution in [0.4, 0.5) is 22.7 Å². The van der Waals surface area contributed by atoms with Crippen LogP contribution >= 0.6 is 78.3 Å². The van der Waals surface area contributed by atoms with Gasteiger partial charge in [-0.2, -0.15) is 0 Å². The molecule has 0 saturated heterocycles. The summed E-state index contributed by atoms with van der Waals surface area (Å²) in [6, 6.07) is 18.5. The first-order valence-electron chi connectivity index (χ1n) is 21.4. The van der Waals surface area contributed by atoms with Crippen LogP contribution in [-0.4, -0.2) is 32.8 Å². The third kappa shape index (κ3) is 12.0. The fraction of sp³-hybridized carbons (Fsp3) is 0.240. The number of hydrogen-bond donors (Lipinski definition) is 4. The van der Waals surface area contributed by atoms with E-state index in [1.54, 1.807) is 61.6 Å². The molecular weight excluding hydrogens is 1080 g/mol. The van der Waals surface area contributed by atoms with Crippen molar-refractivity contribution in [1.29, 1.82) is 0 Å². The van der Waals surface area contributed by atoms with Gasteiger partial charge in [0.05, 0.1) is 0 Å². The Labute approximate surface area is 429 Å². The summed E-state index contributed by atoms with van der Waals surface area (Å²) in [5.41, 5.74) is 12.4. The van der Waals surface area contributed by atoms with Crippen LogP contribution in [0.1, 0.15) is 59.1 Å². The molecule has 0 unspecified atom stereocenters. The molecule has 4 aliphatic rings. The van der Waals surface area contributed by atoms with Crippen LogP contribution in [0.5, 0.6) is 0 Å². The van der Waals surface area contributed by atoms with E-state index in [4.69, 9.17) is 46.4 Å². The van der Waals surface area contributed by atoms with Crippen LogP contribution in [0.15, 0.2) is 91.6 Å². The number of benzene rings is 4. The molecule has 0 saturated carbocycles. The topological polar surface area (TPSA) is 160 Å². The SMILES string of the molecule is Cc1cc(-c2cc(Cl)c3c(c2)NC(=O)CC3)cn(C)c1=O.Cc1cc(-c2cc(Cl)cc3c2CCC(=O)N3)cn(C)c1=O.O=C1CCc2c(Br)cc(Cl)cc2N1.O=C1CCc2c(Cl)cc(Br)cc2N1. The number of fused-ring (bicyclic) bond motifs is 4. The van der Waals surface area contributed by atoms with Gasteiger partial charge in [0, 0.05) is 115 Å². The van der Waals surface area contributed by atoms with Crippen molar-refractivity contribution < 1.29 is 19.2 Å². The lowest BCUT2D eigenvalue weighted by Gasteiger charge is -2.21. The van der Waals surface area contributed by atoms with Crippen LogP contribution in [-0.2, 0) is 59.0 Å². The highest BCUT2D eigenvalue weighted by Gasteiger charge is 2.22. The highest BCUT2D eigenvalue weighted by Crippen LogP contribution is 2.38. The number of nitrogens with zero attached hydrogens (tertiary/aromatic N) is 2. The number of carbonyl (C=O) groups excluding carboxylic acids is 4. The van der Waals surface area contributed by atoms with Gasteiger partial charge in [-0.3, -0.25) is 28.8 Å². The predicted octanol–water partition coefficient (Wildman–Crippen LogP) is 11.8. The first-order valence-corrected chi connectivity index (χ1v) is 24.5. The van der Waals surface area contributed by atoms with Crippen molar-refractivity contribution in [3.05, 3.63) is 156 Å². The molecule has 0 fully saturated rings. The number of hydrogen-bond acceptors (Lipinski definition) is 6. The van der Waals surface area contributed by atoms with Gasteiger partial charge in [0.25, 0.3) is 11.1 Å². The summed E-state index contributed by atoms with van der Waals surface area (Å²) in [5.74, 6) is 0.128. The van der Waals surface area contributed by atoms with Gasteiger partial charge in [-0.15, -0.1) is 0 Å². The number of amides is 4. The minimum absolute atomic E-state index is 0.00681. The first kappa shape index (κ1) is 50.7. The van der Waals surface area contributed by atoms with E-state index in [0.717, 1.165) is 89.0 Å². The maximum Gasteiger partial charge on any atom is 0.253 e. The van der Waals surface area contributed by atoms with Crippen molar-refractivity contribution in [3.8, 4) is 22.3 Å². The Bertz CT molecular complexity index is 3060. The molecule has 18 heteroatoms. The Morgan fingerprint density at radius 2 is 0.853 bits per heavy atom. The van der Waals surface area contributed by atoms with Crippen LogP contribution in [0, 0.1) is 13.8 Å². The Balaban J connectivity index is 0.000000138. The van der Waals surface area contributed by atoms with E-state index in [2.05, 4.69) is 53.1 Å². The Morgan fingerprint density at radius 1 is 0.441 bits per heavy atom. The number of carbonyl (C=O) groups is 4. The first-order chi connectivity index (χ1) is 32.2. The van der Waals surface area contributed by atoms with E-state index in [1.807, 2.05) is 48.5 Å². The largest absolute Gasteiger partial charge is 0.326 e. The van der Waals surface area contributed by atoms with Gasteiger partial charge in [-0.25, -0.2) is 0 Å². The van der Waals surface area contributed by atoms with Crippen molar-refractivity contribution in [3.63, 3.8) is 0 Å². The number of nitrogens with one attached hydrogen (secondary N) is 4. The zero-order valence-electron chi connectivity index (χ0n) is 37.2. The molecule has 4 aliphatic heterocycles. The molecule has 68 heavy (non-hydrogen) atoms. The molecule has 4 N–H and O–H groups in total. The smallest absolute Gasteiger partial charge is 0.253 e. The van der Waals surface area contributed by atoms with Gasteiger partial charge in [0.15, 0.2) is 0 Å². The minimum atomic E-state index is -0.0175. The lowest BCUT2D eigenvalue weighted by Crippen LogP contribution is -2.20. The van der Waals surface area contributed by atoms with E-state index >= 15 is 0 Å². The number of halogens is 6. The predicted molar refractivity (Wildman–Crippen MR) is 280 cm³/mol. The quantitative estimate of drug-likeness (QED) is 0.135. The maximum atomic E-state index is 11.8. The summed E-state index contributed by atoms with van der Waals surface area (Å²) >= 11 is 31.1. The van der Waals surface area contributed by atoms with Crippen molar-refractivity contribution in [2.24, 2.45) is 14.1 Å². The number of rotatable bonds is 2.